The van der Waals surface area contributed by atoms with E-state index >= 15 is 0 Å². The van der Waals surface area contributed by atoms with Gasteiger partial charge in [0.15, 0.2) is 5.43 Å². The number of nitrogens with zero attached hydrogens (tertiary/aromatic N) is 1. The second-order valence-corrected chi connectivity index (χ2v) is 5.96. The van der Waals surface area contributed by atoms with Gasteiger partial charge in [0, 0.05) is 24.5 Å². The van der Waals surface area contributed by atoms with Gasteiger partial charge in [0.2, 0.25) is 0 Å². The lowest BCUT2D eigenvalue weighted by Gasteiger charge is -2.36. The maximum absolute atomic E-state index is 13.1. The number of halogens is 1. The zero-order chi connectivity index (χ0) is 16.4. The minimum absolute atomic E-state index is 0.113. The number of amides is 1. The third-order valence-corrected chi connectivity index (χ3v) is 4.31. The largest absolute Gasteiger partial charge is 0.364 e. The van der Waals surface area contributed by atoms with Crippen LogP contribution in [-0.2, 0) is 0 Å². The van der Waals surface area contributed by atoms with E-state index in [1.165, 1.54) is 24.4 Å². The molecular formula is C18H19FN2O2. The smallest absolute Gasteiger partial charge is 0.259 e. The van der Waals surface area contributed by atoms with Gasteiger partial charge in [-0.25, -0.2) is 4.39 Å². The van der Waals surface area contributed by atoms with Crippen molar-refractivity contribution in [1.82, 2.24) is 9.88 Å². The van der Waals surface area contributed by atoms with Gasteiger partial charge in [-0.3, -0.25) is 9.59 Å². The van der Waals surface area contributed by atoms with Crippen molar-refractivity contribution in [3.8, 4) is 0 Å². The van der Waals surface area contributed by atoms with E-state index in [0.717, 1.165) is 30.5 Å². The van der Waals surface area contributed by atoms with Crippen molar-refractivity contribution in [3.63, 3.8) is 0 Å². The van der Waals surface area contributed by atoms with Crippen LogP contribution < -0.4 is 5.43 Å². The molecule has 1 amide bonds. The zero-order valence-corrected chi connectivity index (χ0v) is 13.0. The van der Waals surface area contributed by atoms with E-state index in [2.05, 4.69) is 4.98 Å². The molecule has 1 N–H and O–H groups in total. The fraction of sp³-hybridized carbons (Fsp3) is 0.333. The highest BCUT2D eigenvalue weighted by Gasteiger charge is 2.29. The number of carbonyl (C=O) groups excluding carboxylic acids is 1. The molecule has 1 atom stereocenters. The number of nitrogens with one attached hydrogen (secondary N) is 1. The molecule has 3 rings (SSSR count). The number of carbonyl (C=O) groups is 1. The Labute approximate surface area is 134 Å². The maximum Gasteiger partial charge on any atom is 0.259 e. The molecular weight excluding hydrogens is 295 g/mol. The van der Waals surface area contributed by atoms with Crippen LogP contribution in [0.5, 0.6) is 0 Å². The van der Waals surface area contributed by atoms with E-state index in [0.29, 0.717) is 6.54 Å². The average Bonchev–Trinajstić information content (AvgIpc) is 2.55. The van der Waals surface area contributed by atoms with Gasteiger partial charge in [-0.1, -0.05) is 12.1 Å². The number of aryl methyl sites for hydroxylation is 1. The van der Waals surface area contributed by atoms with Gasteiger partial charge in [0.05, 0.1) is 6.04 Å². The molecule has 1 saturated heterocycles. The Morgan fingerprint density at radius 2 is 2.00 bits per heavy atom. The summed E-state index contributed by atoms with van der Waals surface area (Å²) in [4.78, 5) is 29.6. The normalized spacial score (nSPS) is 18.0. The summed E-state index contributed by atoms with van der Waals surface area (Å²) in [6.45, 7) is 2.38. The number of hydrogen-bond donors (Lipinski definition) is 1. The van der Waals surface area contributed by atoms with Crippen LogP contribution in [0.15, 0.2) is 41.3 Å². The highest BCUT2D eigenvalue weighted by molar-refractivity contribution is 5.94. The number of aromatic amines is 1. The lowest BCUT2D eigenvalue weighted by Crippen LogP contribution is -2.40. The maximum atomic E-state index is 13.1. The average molecular weight is 314 g/mol. The molecule has 1 aromatic carbocycles. The molecule has 1 fully saturated rings. The molecule has 120 valence electrons. The number of aromatic nitrogens is 1. The molecule has 0 spiro atoms. The van der Waals surface area contributed by atoms with Gasteiger partial charge >= 0.3 is 0 Å². The van der Waals surface area contributed by atoms with E-state index < -0.39 is 0 Å². The van der Waals surface area contributed by atoms with Crippen molar-refractivity contribution < 1.29 is 9.18 Å². The molecule has 5 heteroatoms. The third-order valence-electron chi connectivity index (χ3n) is 4.31. The number of H-pyrrole nitrogens is 1. The summed E-state index contributed by atoms with van der Waals surface area (Å²) in [5.41, 5.74) is 1.52. The highest BCUT2D eigenvalue weighted by Crippen LogP contribution is 2.31. The molecule has 2 aromatic rings. The summed E-state index contributed by atoms with van der Waals surface area (Å²) in [7, 11) is 0. The number of likely N-dealkylation sites (tertiary alicyclic amines) is 1. The van der Waals surface area contributed by atoms with Crippen molar-refractivity contribution >= 4 is 5.91 Å². The number of benzene rings is 1. The Balaban J connectivity index is 1.93. The molecule has 23 heavy (non-hydrogen) atoms. The van der Waals surface area contributed by atoms with Gasteiger partial charge in [-0.2, -0.15) is 0 Å². The van der Waals surface area contributed by atoms with Gasteiger partial charge < -0.3 is 9.88 Å². The predicted molar refractivity (Wildman–Crippen MR) is 85.8 cm³/mol. The molecule has 1 unspecified atom stereocenters. The summed E-state index contributed by atoms with van der Waals surface area (Å²) in [6, 6.07) is 7.56. The number of rotatable bonds is 2. The van der Waals surface area contributed by atoms with Crippen molar-refractivity contribution in [2.45, 2.75) is 32.2 Å². The molecule has 0 aliphatic carbocycles. The first-order chi connectivity index (χ1) is 11.1. The molecule has 0 bridgehead atoms. The predicted octanol–water partition coefficient (Wildman–Crippen LogP) is 3.19. The van der Waals surface area contributed by atoms with Gasteiger partial charge in [0.1, 0.15) is 11.4 Å². The van der Waals surface area contributed by atoms with E-state index in [1.54, 1.807) is 24.0 Å². The lowest BCUT2D eigenvalue weighted by atomic mass is 9.94. The second kappa shape index (κ2) is 6.36. The van der Waals surface area contributed by atoms with Crippen molar-refractivity contribution in [2.75, 3.05) is 6.54 Å². The van der Waals surface area contributed by atoms with Crippen LogP contribution in [0.4, 0.5) is 4.39 Å². The molecule has 2 heterocycles. The Morgan fingerprint density at radius 3 is 2.70 bits per heavy atom. The zero-order valence-electron chi connectivity index (χ0n) is 13.0. The molecule has 1 aliphatic heterocycles. The van der Waals surface area contributed by atoms with Crippen LogP contribution in [0.2, 0.25) is 0 Å². The lowest BCUT2D eigenvalue weighted by molar-refractivity contribution is 0.0609. The molecule has 4 nitrogen and oxygen atoms in total. The first kappa shape index (κ1) is 15.5. The fourth-order valence-electron chi connectivity index (χ4n) is 3.10. The Hall–Kier alpha value is -2.43. The van der Waals surface area contributed by atoms with Crippen LogP contribution in [0.3, 0.4) is 0 Å². The monoisotopic (exact) mass is 314 g/mol. The summed E-state index contributed by atoms with van der Waals surface area (Å²) < 4.78 is 13.1. The van der Waals surface area contributed by atoms with Gasteiger partial charge in [-0.05, 0) is 43.9 Å². The Morgan fingerprint density at radius 1 is 1.26 bits per heavy atom. The molecule has 1 aliphatic rings. The van der Waals surface area contributed by atoms with E-state index in [4.69, 9.17) is 0 Å². The molecule has 1 aromatic heterocycles. The van der Waals surface area contributed by atoms with E-state index in [-0.39, 0.29) is 28.8 Å². The van der Waals surface area contributed by atoms with Gasteiger partial charge in [0.25, 0.3) is 5.91 Å². The Bertz CT molecular complexity index is 767. The summed E-state index contributed by atoms with van der Waals surface area (Å²) >= 11 is 0. The minimum Gasteiger partial charge on any atom is -0.364 e. The summed E-state index contributed by atoms with van der Waals surface area (Å²) in [5, 5.41) is 0. The van der Waals surface area contributed by atoms with Crippen molar-refractivity contribution in [3.05, 3.63) is 69.4 Å². The van der Waals surface area contributed by atoms with Crippen LogP contribution in [0, 0.1) is 12.7 Å². The minimum atomic E-state index is -0.294. The number of piperidine rings is 1. The number of pyridine rings is 1. The first-order valence-electron chi connectivity index (χ1n) is 7.82. The second-order valence-electron chi connectivity index (χ2n) is 5.96. The quantitative estimate of drug-likeness (QED) is 0.925. The Kier molecular flexibility index (Phi) is 4.28. The molecule has 0 saturated carbocycles. The SMILES string of the molecule is Cc1cc(=O)c(C(=O)N2CCCCC2c2ccc(F)cc2)c[nH]1. The van der Waals surface area contributed by atoms with E-state index in [9.17, 15) is 14.0 Å². The summed E-state index contributed by atoms with van der Waals surface area (Å²) in [5.74, 6) is -0.558. The fourth-order valence-corrected chi connectivity index (χ4v) is 3.10. The van der Waals surface area contributed by atoms with Crippen LogP contribution in [0.25, 0.3) is 0 Å². The van der Waals surface area contributed by atoms with Crippen molar-refractivity contribution in [1.29, 1.82) is 0 Å². The third kappa shape index (κ3) is 3.18. The standard InChI is InChI=1S/C18H19FN2O2/c1-12-10-17(22)15(11-20-12)18(23)21-9-3-2-4-16(21)13-5-7-14(19)8-6-13/h5-8,10-11,16H,2-4,9H2,1H3,(H,20,22). The van der Waals surface area contributed by atoms with Crippen LogP contribution in [0.1, 0.15) is 46.9 Å². The topological polar surface area (TPSA) is 53.2 Å². The van der Waals surface area contributed by atoms with Crippen molar-refractivity contribution in [2.24, 2.45) is 0 Å². The van der Waals surface area contributed by atoms with Crippen LogP contribution >= 0.6 is 0 Å². The highest BCUT2D eigenvalue weighted by atomic mass is 19.1. The number of hydrogen-bond acceptors (Lipinski definition) is 2. The van der Waals surface area contributed by atoms with Crippen LogP contribution in [-0.4, -0.2) is 22.3 Å². The summed E-state index contributed by atoms with van der Waals surface area (Å²) in [6.07, 6.45) is 4.22. The first-order valence-corrected chi connectivity index (χ1v) is 7.82. The van der Waals surface area contributed by atoms with E-state index in [1.807, 2.05) is 0 Å². The molecule has 0 radical (unpaired) electrons. The van der Waals surface area contributed by atoms with Gasteiger partial charge in [-0.15, -0.1) is 0 Å².